The molecule has 1 atom stereocenters. The molecule has 31 heavy (non-hydrogen) atoms. The molecule has 160 valence electrons. The molecular weight excluding hydrogens is 487 g/mol. The van der Waals surface area contributed by atoms with Gasteiger partial charge in [-0.3, -0.25) is 4.79 Å². The number of fused-ring (bicyclic) bond motifs is 2. The van der Waals surface area contributed by atoms with Gasteiger partial charge in [0, 0.05) is 20.2 Å². The fourth-order valence-electron chi connectivity index (χ4n) is 2.95. The average Bonchev–Trinajstić information content (AvgIpc) is 3.22. The minimum atomic E-state index is -0.667. The highest BCUT2D eigenvalue weighted by Crippen LogP contribution is 2.37. The summed E-state index contributed by atoms with van der Waals surface area (Å²) >= 11 is 14.6. The molecule has 0 unspecified atom stereocenters. The van der Waals surface area contributed by atoms with Crippen LogP contribution in [0.25, 0.3) is 20.2 Å². The molecule has 0 radical (unpaired) electrons. The molecule has 0 saturated heterocycles. The van der Waals surface area contributed by atoms with Gasteiger partial charge >= 0.3 is 5.97 Å². The monoisotopic (exact) mass is 499 g/mol. The Morgan fingerprint density at radius 1 is 0.968 bits per heavy atom. The van der Waals surface area contributed by atoms with E-state index in [1.807, 2.05) is 0 Å². The summed E-state index contributed by atoms with van der Waals surface area (Å²) in [5, 5.41) is 4.26. The van der Waals surface area contributed by atoms with Gasteiger partial charge in [-0.2, -0.15) is 0 Å². The second kappa shape index (κ2) is 8.70. The number of amides is 1. The van der Waals surface area contributed by atoms with Crippen LogP contribution in [0.3, 0.4) is 0 Å². The molecule has 4 aromatic rings. The Morgan fingerprint density at radius 2 is 1.48 bits per heavy atom. The Labute approximate surface area is 193 Å². The number of thiophene rings is 2. The summed E-state index contributed by atoms with van der Waals surface area (Å²) in [5.74, 6) is -1.96. The Balaban J connectivity index is 1.42. The van der Waals surface area contributed by atoms with E-state index in [9.17, 15) is 18.4 Å². The third-order valence-corrected chi connectivity index (χ3v) is 7.73. The Morgan fingerprint density at radius 3 is 2.06 bits per heavy atom. The zero-order chi connectivity index (χ0) is 22.3. The molecule has 1 N–H and O–H groups in total. The Bertz CT molecular complexity index is 1340. The van der Waals surface area contributed by atoms with Crippen LogP contribution in [-0.2, 0) is 4.74 Å². The van der Waals surface area contributed by atoms with Gasteiger partial charge in [0.2, 0.25) is 0 Å². The smallest absolute Gasteiger partial charge is 0.350 e. The number of ether oxygens (including phenoxy) is 1. The van der Waals surface area contributed by atoms with Gasteiger partial charge in [-0.05, 0) is 43.3 Å². The Hall–Kier alpha value is -2.26. The summed E-state index contributed by atoms with van der Waals surface area (Å²) in [5.41, 5.74) is 0. The number of carbonyl (C=O) groups is 2. The lowest BCUT2D eigenvalue weighted by Gasteiger charge is -2.13. The van der Waals surface area contributed by atoms with E-state index in [1.54, 1.807) is 6.92 Å². The molecule has 0 aliphatic carbocycles. The fourth-order valence-corrected chi connectivity index (χ4v) is 5.82. The van der Waals surface area contributed by atoms with Gasteiger partial charge in [0.1, 0.15) is 27.5 Å². The maximum absolute atomic E-state index is 13.4. The quantitative estimate of drug-likeness (QED) is 0.311. The number of carbonyl (C=O) groups excluding carboxylic acids is 2. The minimum absolute atomic E-state index is 0.0284. The molecule has 0 fully saturated rings. The van der Waals surface area contributed by atoms with Crippen molar-refractivity contribution in [3.8, 4) is 0 Å². The number of esters is 1. The molecule has 1 amide bonds. The van der Waals surface area contributed by atoms with Gasteiger partial charge in [0.25, 0.3) is 5.91 Å². The van der Waals surface area contributed by atoms with Gasteiger partial charge in [-0.15, -0.1) is 22.7 Å². The number of nitrogens with one attached hydrogen (secondary N) is 1. The van der Waals surface area contributed by atoms with Crippen LogP contribution >= 0.6 is 45.9 Å². The van der Waals surface area contributed by atoms with E-state index in [-0.39, 0.29) is 26.3 Å². The summed E-state index contributed by atoms with van der Waals surface area (Å²) in [6.07, 6.45) is -0.667. The Kier molecular flexibility index (Phi) is 6.16. The largest absolute Gasteiger partial charge is 0.457 e. The topological polar surface area (TPSA) is 55.4 Å². The normalized spacial score (nSPS) is 12.3. The summed E-state index contributed by atoms with van der Waals surface area (Å²) in [4.78, 5) is 25.4. The SMILES string of the molecule is C[C@H](CNC(=O)c1sc2cc(F)ccc2c1Cl)OC(=O)c1sc2cc(F)ccc2c1Cl. The number of halogens is 4. The van der Waals surface area contributed by atoms with Crippen molar-refractivity contribution in [2.45, 2.75) is 13.0 Å². The molecule has 2 heterocycles. The lowest BCUT2D eigenvalue weighted by Crippen LogP contribution is -2.33. The molecule has 10 heteroatoms. The molecule has 2 aromatic heterocycles. The molecular formula is C21H13Cl2F2NO3S2. The van der Waals surface area contributed by atoms with Crippen LogP contribution < -0.4 is 5.32 Å². The first kappa shape index (κ1) is 22.0. The highest BCUT2D eigenvalue weighted by Gasteiger charge is 2.22. The molecule has 2 aromatic carbocycles. The molecule has 4 nitrogen and oxygen atoms in total. The summed E-state index contributed by atoms with van der Waals surface area (Å²) < 4.78 is 33.3. The molecule has 0 aliphatic rings. The van der Waals surface area contributed by atoms with E-state index in [0.717, 1.165) is 22.7 Å². The lowest BCUT2D eigenvalue weighted by atomic mass is 10.2. The van der Waals surface area contributed by atoms with Crippen LogP contribution in [-0.4, -0.2) is 24.5 Å². The van der Waals surface area contributed by atoms with Crippen molar-refractivity contribution < 1.29 is 23.1 Å². The zero-order valence-corrected chi connectivity index (χ0v) is 18.9. The van der Waals surface area contributed by atoms with Crippen molar-refractivity contribution in [1.82, 2.24) is 5.32 Å². The molecule has 0 aliphatic heterocycles. The molecule has 0 spiro atoms. The summed E-state index contributed by atoms with van der Waals surface area (Å²) in [6.45, 7) is 1.64. The van der Waals surface area contributed by atoms with Crippen LogP contribution in [0.15, 0.2) is 36.4 Å². The van der Waals surface area contributed by atoms with Crippen LogP contribution in [0, 0.1) is 11.6 Å². The van der Waals surface area contributed by atoms with Gasteiger partial charge in [0.05, 0.1) is 16.6 Å². The maximum Gasteiger partial charge on any atom is 0.350 e. The second-order valence-corrected chi connectivity index (χ2v) is 9.56. The number of hydrogen-bond donors (Lipinski definition) is 1. The number of rotatable bonds is 5. The first-order chi connectivity index (χ1) is 14.7. The van der Waals surface area contributed by atoms with E-state index in [4.69, 9.17) is 27.9 Å². The third kappa shape index (κ3) is 4.39. The van der Waals surface area contributed by atoms with Crippen molar-refractivity contribution >= 4 is 77.9 Å². The van der Waals surface area contributed by atoms with Crippen molar-refractivity contribution in [2.75, 3.05) is 6.54 Å². The van der Waals surface area contributed by atoms with Crippen LogP contribution in [0.2, 0.25) is 10.0 Å². The summed E-state index contributed by atoms with van der Waals surface area (Å²) in [7, 11) is 0. The van der Waals surface area contributed by atoms with E-state index < -0.39 is 29.6 Å². The predicted molar refractivity (Wildman–Crippen MR) is 121 cm³/mol. The highest BCUT2D eigenvalue weighted by molar-refractivity contribution is 7.22. The first-order valence-electron chi connectivity index (χ1n) is 8.99. The number of hydrogen-bond acceptors (Lipinski definition) is 5. The van der Waals surface area contributed by atoms with Gasteiger partial charge in [-0.25, -0.2) is 13.6 Å². The van der Waals surface area contributed by atoms with Gasteiger partial charge < -0.3 is 10.1 Å². The van der Waals surface area contributed by atoms with E-state index in [0.29, 0.717) is 20.2 Å². The first-order valence-corrected chi connectivity index (χ1v) is 11.4. The van der Waals surface area contributed by atoms with E-state index >= 15 is 0 Å². The van der Waals surface area contributed by atoms with Gasteiger partial charge in [-0.1, -0.05) is 23.2 Å². The minimum Gasteiger partial charge on any atom is -0.457 e. The summed E-state index contributed by atoms with van der Waals surface area (Å²) in [6, 6.07) is 8.18. The second-order valence-electron chi connectivity index (χ2n) is 6.70. The predicted octanol–water partition coefficient (Wildman–Crippen LogP) is 6.68. The average molecular weight is 500 g/mol. The molecule has 0 saturated carbocycles. The molecule has 4 rings (SSSR count). The molecule has 0 bridgehead atoms. The van der Waals surface area contributed by atoms with E-state index in [2.05, 4.69) is 5.32 Å². The lowest BCUT2D eigenvalue weighted by molar-refractivity contribution is 0.0344. The van der Waals surface area contributed by atoms with Crippen molar-refractivity contribution in [3.63, 3.8) is 0 Å². The highest BCUT2D eigenvalue weighted by atomic mass is 35.5. The standard InChI is InChI=1S/C21H13Cl2F2NO3S2/c1-9(29-21(28)19-17(23)13-5-3-11(25)7-15(13)31-19)8-26-20(27)18-16(22)12-4-2-10(24)6-14(12)30-18/h2-7,9H,8H2,1H3,(H,26,27)/t9-/m1/s1. The van der Waals surface area contributed by atoms with Crippen molar-refractivity contribution in [3.05, 3.63) is 67.8 Å². The van der Waals surface area contributed by atoms with Crippen LogP contribution in [0.1, 0.15) is 26.3 Å². The van der Waals surface area contributed by atoms with Crippen LogP contribution in [0.5, 0.6) is 0 Å². The van der Waals surface area contributed by atoms with Crippen LogP contribution in [0.4, 0.5) is 8.78 Å². The maximum atomic E-state index is 13.4. The number of benzene rings is 2. The van der Waals surface area contributed by atoms with Gasteiger partial charge in [0.15, 0.2) is 0 Å². The van der Waals surface area contributed by atoms with Crippen molar-refractivity contribution in [1.29, 1.82) is 0 Å². The van der Waals surface area contributed by atoms with Crippen molar-refractivity contribution in [2.24, 2.45) is 0 Å². The van der Waals surface area contributed by atoms with E-state index in [1.165, 1.54) is 36.4 Å². The zero-order valence-electron chi connectivity index (χ0n) is 15.8. The fraction of sp³-hybridized carbons (Fsp3) is 0.143. The third-order valence-electron chi connectivity index (χ3n) is 4.43.